The van der Waals surface area contributed by atoms with Gasteiger partial charge >= 0.3 is 0 Å². The first-order valence-corrected chi connectivity index (χ1v) is 16.0. The van der Waals surface area contributed by atoms with Gasteiger partial charge in [-0.3, -0.25) is 0 Å². The van der Waals surface area contributed by atoms with Crippen LogP contribution >= 0.6 is 0 Å². The molecule has 0 spiro atoms. The Morgan fingerprint density at radius 3 is 1.35 bits per heavy atom. The number of fused-ring (bicyclic) bond motifs is 10. The van der Waals surface area contributed by atoms with Crippen LogP contribution in [0.1, 0.15) is 0 Å². The molecule has 46 heavy (non-hydrogen) atoms. The van der Waals surface area contributed by atoms with Crippen molar-refractivity contribution >= 4 is 75.4 Å². The monoisotopic (exact) mass is 580 g/mol. The topological polar surface area (TPSA) is 0 Å². The minimum absolute atomic E-state index is 1.25. The first-order chi connectivity index (χ1) is 22.8. The zero-order chi connectivity index (χ0) is 30.2. The summed E-state index contributed by atoms with van der Waals surface area (Å²) in [4.78, 5) is 0. The lowest BCUT2D eigenvalue weighted by atomic mass is 9.83. The van der Waals surface area contributed by atoms with Crippen LogP contribution in [0.15, 0.2) is 170 Å². The first-order valence-electron chi connectivity index (χ1n) is 16.0. The molecule has 0 amide bonds. The summed E-state index contributed by atoms with van der Waals surface area (Å²) in [5, 5.41) is 17.9. The molecule has 0 atom stereocenters. The van der Waals surface area contributed by atoms with E-state index in [0.717, 1.165) is 0 Å². The molecular formula is C46H28. The summed E-state index contributed by atoms with van der Waals surface area (Å²) in [5.74, 6) is 0. The molecular weight excluding hydrogens is 553 g/mol. The van der Waals surface area contributed by atoms with Gasteiger partial charge in [0.2, 0.25) is 0 Å². The smallest absolute Gasteiger partial charge is 0.00141 e. The minimum Gasteiger partial charge on any atom is -0.0616 e. The third-order valence-electron chi connectivity index (χ3n) is 9.98. The molecule has 0 nitrogen and oxygen atoms in total. The number of benzene rings is 10. The zero-order valence-corrected chi connectivity index (χ0v) is 25.2. The Morgan fingerprint density at radius 2 is 0.630 bits per heavy atom. The van der Waals surface area contributed by atoms with Crippen molar-refractivity contribution in [1.29, 1.82) is 0 Å². The van der Waals surface area contributed by atoms with Crippen molar-refractivity contribution < 1.29 is 0 Å². The van der Waals surface area contributed by atoms with Crippen molar-refractivity contribution in [3.8, 4) is 22.3 Å². The molecule has 0 saturated carbocycles. The maximum Gasteiger partial charge on any atom is -0.00141 e. The fourth-order valence-electron chi connectivity index (χ4n) is 7.89. The van der Waals surface area contributed by atoms with Gasteiger partial charge in [-0.25, -0.2) is 0 Å². The molecule has 0 heterocycles. The molecule has 0 fully saturated rings. The normalized spacial score (nSPS) is 11.9. The summed E-state index contributed by atoms with van der Waals surface area (Å²) < 4.78 is 0. The SMILES string of the molecule is c1ccc2c(c1)ccc1cc(-c3c4ccccc4c(-c4ccc5ccc6ccccc6c5c4)c4c3ccc3ccccc34)ccc12. The maximum atomic E-state index is 2.42. The first kappa shape index (κ1) is 25.4. The van der Waals surface area contributed by atoms with E-state index in [9.17, 15) is 0 Å². The Bertz CT molecular complexity index is 2850. The number of hydrogen-bond donors (Lipinski definition) is 0. The van der Waals surface area contributed by atoms with Crippen LogP contribution in [0.3, 0.4) is 0 Å². The Kier molecular flexibility index (Phi) is 5.38. The lowest BCUT2D eigenvalue weighted by Gasteiger charge is -2.20. The average Bonchev–Trinajstić information content (AvgIpc) is 3.13. The van der Waals surface area contributed by atoms with E-state index in [1.807, 2.05) is 0 Å². The molecule has 0 aliphatic carbocycles. The minimum atomic E-state index is 1.25. The molecule has 0 unspecified atom stereocenters. The van der Waals surface area contributed by atoms with E-state index in [-0.39, 0.29) is 0 Å². The van der Waals surface area contributed by atoms with Crippen LogP contribution < -0.4 is 0 Å². The lowest BCUT2D eigenvalue weighted by Crippen LogP contribution is -1.92. The van der Waals surface area contributed by atoms with Crippen molar-refractivity contribution in [2.45, 2.75) is 0 Å². The maximum absolute atomic E-state index is 2.42. The fraction of sp³-hybridized carbons (Fsp3) is 0. The van der Waals surface area contributed by atoms with Crippen molar-refractivity contribution in [2.75, 3.05) is 0 Å². The highest BCUT2D eigenvalue weighted by atomic mass is 14.2. The summed E-state index contributed by atoms with van der Waals surface area (Å²) in [6.07, 6.45) is 0. The van der Waals surface area contributed by atoms with Crippen LogP contribution in [-0.4, -0.2) is 0 Å². The highest BCUT2D eigenvalue weighted by Gasteiger charge is 2.19. The molecule has 10 aromatic rings. The van der Waals surface area contributed by atoms with Crippen LogP contribution in [0.5, 0.6) is 0 Å². The molecule has 0 aromatic heterocycles. The van der Waals surface area contributed by atoms with Crippen LogP contribution in [0.2, 0.25) is 0 Å². The molecule has 0 heteroatoms. The van der Waals surface area contributed by atoms with Gasteiger partial charge in [-0.05, 0) is 110 Å². The lowest BCUT2D eigenvalue weighted by molar-refractivity contribution is 1.70. The Morgan fingerprint density at radius 1 is 0.217 bits per heavy atom. The molecule has 0 bridgehead atoms. The largest absolute Gasteiger partial charge is 0.0616 e. The van der Waals surface area contributed by atoms with Crippen LogP contribution in [-0.2, 0) is 0 Å². The van der Waals surface area contributed by atoms with Gasteiger partial charge < -0.3 is 0 Å². The summed E-state index contributed by atoms with van der Waals surface area (Å²) >= 11 is 0. The van der Waals surface area contributed by atoms with Gasteiger partial charge in [0, 0.05) is 0 Å². The summed E-state index contributed by atoms with van der Waals surface area (Å²) in [5.41, 5.74) is 5.09. The average molecular weight is 581 g/mol. The van der Waals surface area contributed by atoms with E-state index in [0.29, 0.717) is 0 Å². The van der Waals surface area contributed by atoms with Gasteiger partial charge in [0.1, 0.15) is 0 Å². The van der Waals surface area contributed by atoms with E-state index in [1.165, 1.54) is 97.7 Å². The van der Waals surface area contributed by atoms with Crippen molar-refractivity contribution in [3.05, 3.63) is 170 Å². The Hall–Kier alpha value is -5.98. The Balaban J connectivity index is 1.35. The summed E-state index contributed by atoms with van der Waals surface area (Å²) in [6.45, 7) is 0. The van der Waals surface area contributed by atoms with Crippen molar-refractivity contribution in [3.63, 3.8) is 0 Å². The van der Waals surface area contributed by atoms with E-state index < -0.39 is 0 Å². The predicted octanol–water partition coefficient (Wildman–Crippen LogP) is 13.1. The second-order valence-corrected chi connectivity index (χ2v) is 12.5. The fourth-order valence-corrected chi connectivity index (χ4v) is 7.89. The second kappa shape index (κ2) is 9.76. The summed E-state index contributed by atoms with van der Waals surface area (Å²) in [7, 11) is 0. The van der Waals surface area contributed by atoms with Gasteiger partial charge in [0.25, 0.3) is 0 Å². The van der Waals surface area contributed by atoms with Gasteiger partial charge in [-0.2, -0.15) is 0 Å². The predicted molar refractivity (Wildman–Crippen MR) is 200 cm³/mol. The molecule has 0 N–H and O–H groups in total. The molecule has 0 radical (unpaired) electrons. The van der Waals surface area contributed by atoms with E-state index >= 15 is 0 Å². The third-order valence-corrected chi connectivity index (χ3v) is 9.98. The summed E-state index contributed by atoms with van der Waals surface area (Å²) in [6, 6.07) is 63.0. The zero-order valence-electron chi connectivity index (χ0n) is 25.2. The number of hydrogen-bond acceptors (Lipinski definition) is 0. The van der Waals surface area contributed by atoms with E-state index in [4.69, 9.17) is 0 Å². The molecule has 10 rings (SSSR count). The van der Waals surface area contributed by atoms with Crippen LogP contribution in [0.25, 0.3) is 97.7 Å². The molecule has 0 aliphatic rings. The molecule has 212 valence electrons. The van der Waals surface area contributed by atoms with Gasteiger partial charge in [-0.15, -0.1) is 0 Å². The Labute approximate surface area is 266 Å². The van der Waals surface area contributed by atoms with E-state index in [2.05, 4.69) is 170 Å². The highest BCUT2D eigenvalue weighted by Crippen LogP contribution is 2.47. The standard InChI is InChI=1S/C46H28/c1-4-12-36-29(9-1)19-21-33-27-34(24-25-38(33)36)44-40-15-7-8-16-41(40)45(46-39-14-6-3-11-31(39)23-26-42(44)46)35-22-20-32-18-17-30-10-2-5-13-37(30)43(32)28-35/h1-28H. The van der Waals surface area contributed by atoms with Crippen molar-refractivity contribution in [2.24, 2.45) is 0 Å². The molecule has 0 aliphatic heterocycles. The highest BCUT2D eigenvalue weighted by molar-refractivity contribution is 6.28. The van der Waals surface area contributed by atoms with Crippen LogP contribution in [0, 0.1) is 0 Å². The number of rotatable bonds is 2. The quantitative estimate of drug-likeness (QED) is 0.141. The van der Waals surface area contributed by atoms with Gasteiger partial charge in [0.15, 0.2) is 0 Å². The third kappa shape index (κ3) is 3.68. The van der Waals surface area contributed by atoms with Crippen molar-refractivity contribution in [1.82, 2.24) is 0 Å². The van der Waals surface area contributed by atoms with Gasteiger partial charge in [0.05, 0.1) is 0 Å². The second-order valence-electron chi connectivity index (χ2n) is 12.5. The molecule has 10 aromatic carbocycles. The van der Waals surface area contributed by atoms with Crippen LogP contribution in [0.4, 0.5) is 0 Å². The molecule has 0 saturated heterocycles. The van der Waals surface area contributed by atoms with Gasteiger partial charge in [-0.1, -0.05) is 158 Å². The van der Waals surface area contributed by atoms with E-state index in [1.54, 1.807) is 0 Å².